The Morgan fingerprint density at radius 1 is 1.14 bits per heavy atom. The number of sulfonamides is 1. The van der Waals surface area contributed by atoms with Crippen LogP contribution in [0.25, 0.3) is 0 Å². The summed E-state index contributed by atoms with van der Waals surface area (Å²) in [6.45, 7) is 2.03. The second-order valence-electron chi connectivity index (χ2n) is 6.60. The summed E-state index contributed by atoms with van der Waals surface area (Å²) >= 11 is 1.31. The molecule has 0 N–H and O–H groups in total. The molecule has 0 radical (unpaired) electrons. The fourth-order valence-corrected chi connectivity index (χ4v) is 5.36. The first kappa shape index (κ1) is 20.0. The van der Waals surface area contributed by atoms with Crippen molar-refractivity contribution in [3.63, 3.8) is 0 Å². The second kappa shape index (κ2) is 8.20. The molecule has 1 aromatic heterocycles. The van der Waals surface area contributed by atoms with Crippen LogP contribution in [0, 0.1) is 0 Å². The van der Waals surface area contributed by atoms with Gasteiger partial charge in [-0.25, -0.2) is 8.42 Å². The maximum absolute atomic E-state index is 13.0. The van der Waals surface area contributed by atoms with Crippen molar-refractivity contribution in [2.75, 3.05) is 45.1 Å². The topological polar surface area (TPSA) is 107 Å². The number of benzene rings is 1. The van der Waals surface area contributed by atoms with Crippen LogP contribution in [0.5, 0.6) is 11.5 Å². The molecule has 4 rings (SSSR count). The number of rotatable bonds is 5. The maximum atomic E-state index is 13.0. The summed E-state index contributed by atoms with van der Waals surface area (Å²) in [4.78, 5) is 14.3. The maximum Gasteiger partial charge on any atom is 0.243 e. The van der Waals surface area contributed by atoms with Gasteiger partial charge in [-0.15, -0.1) is 10.2 Å². The molecule has 1 aromatic carbocycles. The molecule has 156 valence electrons. The Bertz CT molecular complexity index is 1000. The summed E-state index contributed by atoms with van der Waals surface area (Å²) in [5.41, 5.74) is 0. The molecule has 3 heterocycles. The molecule has 1 saturated heterocycles. The van der Waals surface area contributed by atoms with Gasteiger partial charge in [0.25, 0.3) is 0 Å². The van der Waals surface area contributed by atoms with Gasteiger partial charge in [-0.1, -0.05) is 11.8 Å². The standard InChI is InChI=1S/C17H21N5O5S2/c1-20-12-18-19-17(20)28-11-16(23)21-4-6-22(7-5-21)29(24,25)13-2-3-14-15(10-13)27-9-8-26-14/h2-3,10,12H,4-9,11H2,1H3. The summed E-state index contributed by atoms with van der Waals surface area (Å²) in [7, 11) is -1.85. The van der Waals surface area contributed by atoms with Gasteiger partial charge < -0.3 is 18.9 Å². The largest absolute Gasteiger partial charge is 0.486 e. The zero-order chi connectivity index (χ0) is 20.4. The number of amides is 1. The van der Waals surface area contributed by atoms with Crippen molar-refractivity contribution in [3.8, 4) is 11.5 Å². The number of carbonyl (C=O) groups is 1. The summed E-state index contributed by atoms with van der Waals surface area (Å²) in [5.74, 6) is 1.17. The summed E-state index contributed by atoms with van der Waals surface area (Å²) < 4.78 is 40.0. The first-order valence-electron chi connectivity index (χ1n) is 9.09. The third kappa shape index (κ3) is 4.19. The average Bonchev–Trinajstić information content (AvgIpc) is 3.16. The molecule has 2 aliphatic rings. The normalized spacial score (nSPS) is 17.3. The first-order valence-corrected chi connectivity index (χ1v) is 11.5. The zero-order valence-corrected chi connectivity index (χ0v) is 17.5. The molecule has 2 aromatic rings. The highest BCUT2D eigenvalue weighted by Crippen LogP contribution is 2.33. The lowest BCUT2D eigenvalue weighted by molar-refractivity contribution is -0.129. The molecule has 12 heteroatoms. The smallest absolute Gasteiger partial charge is 0.243 e. The predicted octanol–water partition coefficient (Wildman–Crippen LogP) is 0.212. The third-order valence-electron chi connectivity index (χ3n) is 4.74. The SMILES string of the molecule is Cn1cnnc1SCC(=O)N1CCN(S(=O)(=O)c2ccc3c(c2)OCCO3)CC1. The number of hydrogen-bond donors (Lipinski definition) is 0. The lowest BCUT2D eigenvalue weighted by Gasteiger charge is -2.34. The van der Waals surface area contributed by atoms with E-state index < -0.39 is 10.0 Å². The number of carbonyl (C=O) groups excluding carboxylic acids is 1. The Labute approximate surface area is 172 Å². The van der Waals surface area contributed by atoms with Crippen LogP contribution in [-0.2, 0) is 21.9 Å². The number of aryl methyl sites for hydroxylation is 1. The fraction of sp³-hybridized carbons (Fsp3) is 0.471. The van der Waals surface area contributed by atoms with E-state index in [0.29, 0.717) is 43.0 Å². The number of piperazine rings is 1. The number of hydrogen-bond acceptors (Lipinski definition) is 8. The third-order valence-corrected chi connectivity index (χ3v) is 7.65. The number of ether oxygens (including phenoxy) is 2. The van der Waals surface area contributed by atoms with Gasteiger partial charge >= 0.3 is 0 Å². The van der Waals surface area contributed by atoms with Crippen LogP contribution in [-0.4, -0.2) is 83.4 Å². The van der Waals surface area contributed by atoms with Gasteiger partial charge in [-0.2, -0.15) is 4.31 Å². The number of fused-ring (bicyclic) bond motifs is 1. The average molecular weight is 440 g/mol. The highest BCUT2D eigenvalue weighted by Gasteiger charge is 2.31. The molecule has 0 spiro atoms. The van der Waals surface area contributed by atoms with E-state index in [2.05, 4.69) is 10.2 Å². The van der Waals surface area contributed by atoms with Crippen LogP contribution < -0.4 is 9.47 Å². The van der Waals surface area contributed by atoms with Crippen LogP contribution in [0.1, 0.15) is 0 Å². The highest BCUT2D eigenvalue weighted by atomic mass is 32.2. The van der Waals surface area contributed by atoms with Crippen LogP contribution in [0.2, 0.25) is 0 Å². The molecular weight excluding hydrogens is 418 g/mol. The molecule has 0 bridgehead atoms. The van der Waals surface area contributed by atoms with Gasteiger partial charge in [-0.3, -0.25) is 4.79 Å². The Balaban J connectivity index is 1.36. The van der Waals surface area contributed by atoms with Crippen LogP contribution >= 0.6 is 11.8 Å². The van der Waals surface area contributed by atoms with Crippen LogP contribution in [0.15, 0.2) is 34.6 Å². The van der Waals surface area contributed by atoms with Crippen LogP contribution in [0.4, 0.5) is 0 Å². The number of thioether (sulfide) groups is 1. The van der Waals surface area contributed by atoms with E-state index in [1.165, 1.54) is 28.2 Å². The van der Waals surface area contributed by atoms with E-state index in [1.807, 2.05) is 7.05 Å². The van der Waals surface area contributed by atoms with E-state index in [4.69, 9.17) is 9.47 Å². The van der Waals surface area contributed by atoms with Crippen molar-refractivity contribution in [3.05, 3.63) is 24.5 Å². The molecule has 1 fully saturated rings. The minimum Gasteiger partial charge on any atom is -0.486 e. The van der Waals surface area contributed by atoms with Crippen molar-refractivity contribution in [1.29, 1.82) is 0 Å². The fourth-order valence-electron chi connectivity index (χ4n) is 3.13. The Morgan fingerprint density at radius 3 is 2.55 bits per heavy atom. The number of nitrogens with zero attached hydrogens (tertiary/aromatic N) is 5. The van der Waals surface area contributed by atoms with Gasteiger partial charge in [0.1, 0.15) is 19.5 Å². The van der Waals surface area contributed by atoms with E-state index in [0.717, 1.165) is 0 Å². The Morgan fingerprint density at radius 2 is 1.86 bits per heavy atom. The summed E-state index contributed by atoms with van der Waals surface area (Å²) in [6.07, 6.45) is 1.58. The molecule has 0 aliphatic carbocycles. The number of aromatic nitrogens is 3. The molecule has 1 amide bonds. The summed E-state index contributed by atoms with van der Waals surface area (Å²) in [6, 6.07) is 4.64. The van der Waals surface area contributed by atoms with E-state index in [9.17, 15) is 13.2 Å². The lowest BCUT2D eigenvalue weighted by atomic mass is 10.3. The van der Waals surface area contributed by atoms with E-state index in [1.54, 1.807) is 21.9 Å². The minimum absolute atomic E-state index is 0.0469. The molecule has 2 aliphatic heterocycles. The van der Waals surface area contributed by atoms with Crippen molar-refractivity contribution in [1.82, 2.24) is 24.0 Å². The van der Waals surface area contributed by atoms with Gasteiger partial charge in [0, 0.05) is 39.3 Å². The van der Waals surface area contributed by atoms with Crippen LogP contribution in [0.3, 0.4) is 0 Å². The van der Waals surface area contributed by atoms with Gasteiger partial charge in [-0.05, 0) is 12.1 Å². The van der Waals surface area contributed by atoms with Gasteiger partial charge in [0.05, 0.1) is 10.6 Å². The van der Waals surface area contributed by atoms with Crippen molar-refractivity contribution < 1.29 is 22.7 Å². The van der Waals surface area contributed by atoms with Crippen molar-refractivity contribution >= 4 is 27.7 Å². The lowest BCUT2D eigenvalue weighted by Crippen LogP contribution is -2.51. The molecular formula is C17H21N5O5S2. The molecule has 0 saturated carbocycles. The molecule has 29 heavy (non-hydrogen) atoms. The molecule has 0 atom stereocenters. The zero-order valence-electron chi connectivity index (χ0n) is 15.9. The first-order chi connectivity index (χ1) is 13.9. The van der Waals surface area contributed by atoms with E-state index in [-0.39, 0.29) is 29.6 Å². The Kier molecular flexibility index (Phi) is 5.65. The quantitative estimate of drug-likeness (QED) is 0.609. The Hall–Kier alpha value is -2.31. The monoisotopic (exact) mass is 439 g/mol. The summed E-state index contributed by atoms with van der Waals surface area (Å²) in [5, 5.41) is 8.39. The van der Waals surface area contributed by atoms with E-state index >= 15 is 0 Å². The molecule has 10 nitrogen and oxygen atoms in total. The van der Waals surface area contributed by atoms with Gasteiger partial charge in [0.15, 0.2) is 16.7 Å². The van der Waals surface area contributed by atoms with Crippen molar-refractivity contribution in [2.45, 2.75) is 10.1 Å². The molecule has 0 unspecified atom stereocenters. The second-order valence-corrected chi connectivity index (χ2v) is 9.48. The van der Waals surface area contributed by atoms with Crippen molar-refractivity contribution in [2.24, 2.45) is 7.05 Å². The highest BCUT2D eigenvalue weighted by molar-refractivity contribution is 7.99. The minimum atomic E-state index is -3.66. The van der Waals surface area contributed by atoms with Gasteiger partial charge in [0.2, 0.25) is 15.9 Å². The predicted molar refractivity (Wildman–Crippen MR) is 104 cm³/mol.